The van der Waals surface area contributed by atoms with Gasteiger partial charge in [0, 0.05) is 19.0 Å². The van der Waals surface area contributed by atoms with Gasteiger partial charge in [-0.25, -0.2) is 0 Å². The van der Waals surface area contributed by atoms with Crippen molar-refractivity contribution in [3.05, 3.63) is 0 Å². The van der Waals surface area contributed by atoms with Gasteiger partial charge in [0.15, 0.2) is 0 Å². The van der Waals surface area contributed by atoms with Crippen LogP contribution in [0.25, 0.3) is 0 Å². The van der Waals surface area contributed by atoms with Crippen molar-refractivity contribution in [3.63, 3.8) is 0 Å². The Labute approximate surface area is 82.7 Å². The van der Waals surface area contributed by atoms with E-state index < -0.39 is 0 Å². The van der Waals surface area contributed by atoms with Crippen molar-refractivity contribution in [1.82, 2.24) is 0 Å². The summed E-state index contributed by atoms with van der Waals surface area (Å²) in [6.45, 7) is 2.32. The van der Waals surface area contributed by atoms with Crippen molar-refractivity contribution < 1.29 is 9.47 Å². The summed E-state index contributed by atoms with van der Waals surface area (Å²) in [5, 5.41) is 1.13. The number of halogens is 1. The van der Waals surface area contributed by atoms with E-state index in [1.807, 2.05) is 0 Å². The lowest BCUT2D eigenvalue weighted by atomic mass is 10.1. The fraction of sp³-hybridized carbons (Fsp3) is 1.00. The Hall–Kier alpha value is 0.400. The molecule has 0 aromatic carbocycles. The molecule has 12 heavy (non-hydrogen) atoms. The maximum Gasteiger partial charge on any atom is 0.0700 e. The molecule has 1 fully saturated rings. The Balaban J connectivity index is 1.89. The third kappa shape index (κ3) is 3.42. The number of rotatable bonds is 7. The van der Waals surface area contributed by atoms with Crippen LogP contribution in [0.2, 0.25) is 0 Å². The highest BCUT2D eigenvalue weighted by Crippen LogP contribution is 2.49. The first kappa shape index (κ1) is 10.5. The zero-order valence-electron chi connectivity index (χ0n) is 7.64. The normalized spacial score (nSPS) is 19.5. The average Bonchev–Trinajstić information content (AvgIpc) is 2.85. The van der Waals surface area contributed by atoms with Gasteiger partial charge in [-0.05, 0) is 24.7 Å². The highest BCUT2D eigenvalue weighted by Gasteiger charge is 2.40. The van der Waals surface area contributed by atoms with Crippen LogP contribution in [-0.2, 0) is 9.47 Å². The lowest BCUT2D eigenvalue weighted by molar-refractivity contribution is 0.0634. The molecule has 3 heteroatoms. The summed E-state index contributed by atoms with van der Waals surface area (Å²) in [4.78, 5) is 0. The summed E-state index contributed by atoms with van der Waals surface area (Å²) in [5.74, 6) is 0. The fourth-order valence-corrected chi connectivity index (χ4v) is 2.00. The van der Waals surface area contributed by atoms with Gasteiger partial charge < -0.3 is 9.47 Å². The summed E-state index contributed by atoms with van der Waals surface area (Å²) in [6, 6.07) is 0. The third-order valence-electron chi connectivity index (χ3n) is 2.45. The second-order valence-electron chi connectivity index (χ2n) is 3.49. The first-order chi connectivity index (χ1) is 5.83. The Bertz CT molecular complexity index is 124. The molecule has 72 valence electrons. The minimum absolute atomic E-state index is 0.590. The van der Waals surface area contributed by atoms with E-state index in [0.29, 0.717) is 12.0 Å². The van der Waals surface area contributed by atoms with E-state index >= 15 is 0 Å². The van der Waals surface area contributed by atoms with Crippen LogP contribution in [0.4, 0.5) is 0 Å². The van der Waals surface area contributed by atoms with Gasteiger partial charge >= 0.3 is 0 Å². The predicted molar refractivity (Wildman–Crippen MR) is 52.8 cm³/mol. The van der Waals surface area contributed by atoms with Crippen molar-refractivity contribution in [2.45, 2.75) is 19.3 Å². The van der Waals surface area contributed by atoms with Crippen LogP contribution in [0.15, 0.2) is 0 Å². The van der Waals surface area contributed by atoms with Crippen LogP contribution in [0.1, 0.15) is 19.3 Å². The minimum atomic E-state index is 0.590. The molecule has 1 aliphatic rings. The number of methoxy groups -OCH3 is 1. The number of ether oxygens (including phenoxy) is 2. The molecule has 1 aliphatic carbocycles. The molecule has 0 aromatic rings. The van der Waals surface area contributed by atoms with Gasteiger partial charge in [0.1, 0.15) is 0 Å². The lowest BCUT2D eigenvalue weighted by Gasteiger charge is -2.10. The van der Waals surface area contributed by atoms with Gasteiger partial charge in [0.2, 0.25) is 0 Å². The zero-order valence-corrected chi connectivity index (χ0v) is 9.23. The van der Waals surface area contributed by atoms with Crippen LogP contribution in [0, 0.1) is 5.41 Å². The van der Waals surface area contributed by atoms with Crippen LogP contribution in [0.5, 0.6) is 0 Å². The Kier molecular flexibility index (Phi) is 4.54. The van der Waals surface area contributed by atoms with E-state index in [0.717, 1.165) is 18.5 Å². The van der Waals surface area contributed by atoms with Crippen LogP contribution in [-0.4, -0.2) is 32.3 Å². The first-order valence-corrected chi connectivity index (χ1v) is 5.58. The molecule has 0 spiro atoms. The van der Waals surface area contributed by atoms with Crippen molar-refractivity contribution in [1.29, 1.82) is 0 Å². The standard InChI is InChI=1S/C9H17BrO2/c1-11-6-7-12-5-4-9(8-10)2-3-9/h2-8H2,1H3. The van der Waals surface area contributed by atoms with Crippen LogP contribution in [0.3, 0.4) is 0 Å². The van der Waals surface area contributed by atoms with Crippen molar-refractivity contribution in [2.24, 2.45) is 5.41 Å². The molecule has 0 saturated heterocycles. The molecule has 1 rings (SSSR count). The zero-order chi connectivity index (χ0) is 8.86. The fourth-order valence-electron chi connectivity index (χ4n) is 1.16. The maximum absolute atomic E-state index is 5.41. The van der Waals surface area contributed by atoms with E-state index in [4.69, 9.17) is 9.47 Å². The smallest absolute Gasteiger partial charge is 0.0700 e. The first-order valence-electron chi connectivity index (χ1n) is 4.46. The number of hydrogen-bond acceptors (Lipinski definition) is 2. The lowest BCUT2D eigenvalue weighted by Crippen LogP contribution is -2.09. The molecule has 0 atom stereocenters. The van der Waals surface area contributed by atoms with E-state index in [-0.39, 0.29) is 0 Å². The number of alkyl halides is 1. The molecule has 0 unspecified atom stereocenters. The molecule has 0 aromatic heterocycles. The molecule has 0 amide bonds. The summed E-state index contributed by atoms with van der Waals surface area (Å²) in [6.07, 6.45) is 3.93. The van der Waals surface area contributed by atoms with Gasteiger partial charge in [-0.2, -0.15) is 0 Å². The van der Waals surface area contributed by atoms with Gasteiger partial charge in [-0.3, -0.25) is 0 Å². The summed E-state index contributed by atoms with van der Waals surface area (Å²) >= 11 is 3.54. The Morgan fingerprint density at radius 2 is 2.00 bits per heavy atom. The van der Waals surface area contributed by atoms with E-state index in [9.17, 15) is 0 Å². The number of hydrogen-bond donors (Lipinski definition) is 0. The van der Waals surface area contributed by atoms with Gasteiger partial charge in [-0.15, -0.1) is 0 Å². The van der Waals surface area contributed by atoms with Crippen LogP contribution >= 0.6 is 15.9 Å². The summed E-state index contributed by atoms with van der Waals surface area (Å²) in [7, 11) is 1.70. The third-order valence-corrected chi connectivity index (χ3v) is 3.64. The molecule has 0 N–H and O–H groups in total. The van der Waals surface area contributed by atoms with Crippen molar-refractivity contribution >= 4 is 15.9 Å². The van der Waals surface area contributed by atoms with Crippen molar-refractivity contribution in [3.8, 4) is 0 Å². The Morgan fingerprint density at radius 1 is 1.25 bits per heavy atom. The van der Waals surface area contributed by atoms with E-state index in [1.165, 1.54) is 19.3 Å². The Morgan fingerprint density at radius 3 is 2.50 bits per heavy atom. The molecule has 2 nitrogen and oxygen atoms in total. The maximum atomic E-state index is 5.41. The highest BCUT2D eigenvalue weighted by molar-refractivity contribution is 9.09. The molecule has 1 saturated carbocycles. The quantitative estimate of drug-likeness (QED) is 0.499. The average molecular weight is 237 g/mol. The van der Waals surface area contributed by atoms with E-state index in [2.05, 4.69) is 15.9 Å². The topological polar surface area (TPSA) is 18.5 Å². The molecule has 0 radical (unpaired) electrons. The summed E-state index contributed by atoms with van der Waals surface area (Å²) < 4.78 is 10.3. The molecule has 0 aliphatic heterocycles. The van der Waals surface area contributed by atoms with Gasteiger partial charge in [0.25, 0.3) is 0 Å². The van der Waals surface area contributed by atoms with Gasteiger partial charge in [-0.1, -0.05) is 15.9 Å². The highest BCUT2D eigenvalue weighted by atomic mass is 79.9. The molecule has 0 bridgehead atoms. The monoisotopic (exact) mass is 236 g/mol. The largest absolute Gasteiger partial charge is 0.382 e. The van der Waals surface area contributed by atoms with Crippen LogP contribution < -0.4 is 0 Å². The predicted octanol–water partition coefficient (Wildman–Crippen LogP) is 2.21. The minimum Gasteiger partial charge on any atom is -0.382 e. The molecule has 0 heterocycles. The molecular weight excluding hydrogens is 220 g/mol. The van der Waals surface area contributed by atoms with Gasteiger partial charge in [0.05, 0.1) is 13.2 Å². The van der Waals surface area contributed by atoms with Crippen molar-refractivity contribution in [2.75, 3.05) is 32.3 Å². The molecular formula is C9H17BrO2. The second kappa shape index (κ2) is 5.20. The summed E-state index contributed by atoms with van der Waals surface area (Å²) in [5.41, 5.74) is 0.590. The second-order valence-corrected chi connectivity index (χ2v) is 4.05. The van der Waals surface area contributed by atoms with E-state index in [1.54, 1.807) is 7.11 Å². The SMILES string of the molecule is COCCOCCC1(CBr)CC1.